The molecule has 0 spiro atoms. The van der Waals surface area contributed by atoms with Gasteiger partial charge in [0.1, 0.15) is 6.04 Å². The van der Waals surface area contributed by atoms with Crippen LogP contribution in [0.5, 0.6) is 0 Å². The molecule has 41 heavy (non-hydrogen) atoms. The lowest BCUT2D eigenvalue weighted by Gasteiger charge is -2.58. The molecule has 0 radical (unpaired) electrons. The van der Waals surface area contributed by atoms with Gasteiger partial charge in [-0.15, -0.1) is 0 Å². The summed E-state index contributed by atoms with van der Waals surface area (Å²) >= 11 is 0. The zero-order valence-corrected chi connectivity index (χ0v) is 22.2. The fourth-order valence-corrected chi connectivity index (χ4v) is 8.68. The molecule has 8 rings (SSSR count). The fourth-order valence-electron chi connectivity index (χ4n) is 8.68. The van der Waals surface area contributed by atoms with Crippen molar-refractivity contribution in [2.75, 3.05) is 0 Å². The second-order valence-corrected chi connectivity index (χ2v) is 12.4. The van der Waals surface area contributed by atoms with Crippen LogP contribution >= 0.6 is 0 Å². The van der Waals surface area contributed by atoms with E-state index in [1.165, 1.54) is 16.7 Å². The molecule has 1 N–H and O–H groups in total. The molecule has 1 atom stereocenters. The van der Waals surface area contributed by atoms with Gasteiger partial charge in [0.25, 0.3) is 5.56 Å². The van der Waals surface area contributed by atoms with E-state index in [2.05, 4.69) is 0 Å². The summed E-state index contributed by atoms with van der Waals surface area (Å²) in [5.41, 5.74) is -2.09. The first-order chi connectivity index (χ1) is 19.5. The first-order valence-electron chi connectivity index (χ1n) is 14.1. The summed E-state index contributed by atoms with van der Waals surface area (Å²) in [7, 11) is 0. The molecule has 3 aromatic carbocycles. The van der Waals surface area contributed by atoms with Crippen molar-refractivity contribution in [1.29, 1.82) is 0 Å². The number of hydrogen-bond acceptors (Lipinski definition) is 3. The number of nitrogens with zero attached hydrogens (tertiary/aromatic N) is 2. The first kappa shape index (κ1) is 26.0. The Morgan fingerprint density at radius 3 is 2.07 bits per heavy atom. The van der Waals surface area contributed by atoms with Gasteiger partial charge in [-0.05, 0) is 85.4 Å². The normalized spacial score (nSPS) is 26.1. The minimum absolute atomic E-state index is 0.116. The molecule has 6 nitrogen and oxygen atoms in total. The number of aromatic nitrogens is 2. The number of alkyl halides is 3. The highest BCUT2D eigenvalue weighted by atomic mass is 19.4. The van der Waals surface area contributed by atoms with Crippen molar-refractivity contribution in [3.05, 3.63) is 92.6 Å². The summed E-state index contributed by atoms with van der Waals surface area (Å²) in [4.78, 5) is 41.6. The van der Waals surface area contributed by atoms with Gasteiger partial charge in [0.2, 0.25) is 0 Å². The minimum atomic E-state index is -4.50. The maximum atomic E-state index is 14.4. The second-order valence-electron chi connectivity index (χ2n) is 12.4. The Kier molecular flexibility index (Phi) is 5.76. The lowest BCUT2D eigenvalue weighted by atomic mass is 9.47. The van der Waals surface area contributed by atoms with E-state index in [0.717, 1.165) is 41.3 Å². The molecule has 4 bridgehead atoms. The highest BCUT2D eigenvalue weighted by Crippen LogP contribution is 2.63. The third kappa shape index (κ3) is 4.11. The number of carboxylic acids is 1. The summed E-state index contributed by atoms with van der Waals surface area (Å²) < 4.78 is 42.0. The number of halogens is 3. The number of hydrogen-bond donors (Lipinski definition) is 1. The number of carboxylic acid groups (broad SMARTS) is 1. The number of aliphatic carboxylic acids is 1. The van der Waals surface area contributed by atoms with Gasteiger partial charge in [-0.2, -0.15) is 13.2 Å². The number of carbonyl (C=O) groups is 1. The highest BCUT2D eigenvalue weighted by Gasteiger charge is 2.57. The maximum Gasteiger partial charge on any atom is 0.416 e. The van der Waals surface area contributed by atoms with Crippen LogP contribution in [0, 0.1) is 23.2 Å². The largest absolute Gasteiger partial charge is 0.480 e. The SMILES string of the molecule is O=C(O)C(n1c(=O)c2ccc3ccccc3c2n(Cc2ccc(C(F)(F)F)cc2)c1=O)C12CC3CC(CC(C3)C1)C2. The lowest BCUT2D eigenvalue weighted by molar-refractivity contribution is -0.156. The van der Waals surface area contributed by atoms with E-state index < -0.39 is 40.4 Å². The summed E-state index contributed by atoms with van der Waals surface area (Å²) in [5, 5.41) is 12.3. The molecule has 1 aromatic heterocycles. The van der Waals surface area contributed by atoms with Crippen LogP contribution in [0.15, 0.2) is 70.3 Å². The van der Waals surface area contributed by atoms with E-state index in [4.69, 9.17) is 0 Å². The minimum Gasteiger partial charge on any atom is -0.480 e. The van der Waals surface area contributed by atoms with E-state index in [-0.39, 0.29) is 11.9 Å². The van der Waals surface area contributed by atoms with Crippen molar-refractivity contribution in [2.45, 2.75) is 57.3 Å². The average Bonchev–Trinajstić information content (AvgIpc) is 2.91. The molecule has 4 saturated carbocycles. The predicted molar refractivity (Wildman–Crippen MR) is 148 cm³/mol. The van der Waals surface area contributed by atoms with Gasteiger partial charge in [-0.3, -0.25) is 9.36 Å². The van der Waals surface area contributed by atoms with Crippen molar-refractivity contribution in [3.8, 4) is 0 Å². The molecule has 4 aliphatic rings. The van der Waals surface area contributed by atoms with Gasteiger partial charge in [-0.1, -0.05) is 42.5 Å². The van der Waals surface area contributed by atoms with Gasteiger partial charge in [0.05, 0.1) is 23.0 Å². The van der Waals surface area contributed by atoms with Crippen LogP contribution in [-0.2, 0) is 17.5 Å². The number of benzene rings is 3. The Labute approximate surface area is 233 Å². The quantitative estimate of drug-likeness (QED) is 0.293. The molecular formula is C32H29F3N2O4. The Morgan fingerprint density at radius 1 is 0.878 bits per heavy atom. The van der Waals surface area contributed by atoms with Crippen molar-refractivity contribution in [3.63, 3.8) is 0 Å². The van der Waals surface area contributed by atoms with E-state index in [9.17, 15) is 32.7 Å². The topological polar surface area (TPSA) is 81.3 Å². The Bertz CT molecular complexity index is 1780. The van der Waals surface area contributed by atoms with E-state index >= 15 is 0 Å². The van der Waals surface area contributed by atoms with E-state index in [1.807, 2.05) is 12.1 Å². The third-order valence-corrected chi connectivity index (χ3v) is 9.84. The molecule has 4 fully saturated rings. The van der Waals surface area contributed by atoms with E-state index in [1.54, 1.807) is 24.3 Å². The van der Waals surface area contributed by atoms with Crippen LogP contribution < -0.4 is 11.2 Å². The number of fused-ring (bicyclic) bond motifs is 3. The standard InChI is InChI=1S/C32H29F3N2O4/c33-32(34,35)23-8-5-18(6-9-23)17-36-26-24-4-2-1-3-22(24)7-10-25(26)28(38)37(30(36)41)27(29(39)40)31-14-19-11-20(15-31)13-21(12-19)16-31/h1-10,19-21,27H,11-17H2,(H,39,40). The van der Waals surface area contributed by atoms with Crippen molar-refractivity contribution < 1.29 is 23.1 Å². The molecule has 9 heteroatoms. The zero-order valence-electron chi connectivity index (χ0n) is 22.2. The van der Waals surface area contributed by atoms with Crippen LogP contribution in [0.4, 0.5) is 13.2 Å². The molecule has 4 aromatic rings. The molecule has 0 saturated heterocycles. The van der Waals surface area contributed by atoms with Crippen LogP contribution in [0.25, 0.3) is 21.7 Å². The first-order valence-corrected chi connectivity index (χ1v) is 14.1. The van der Waals surface area contributed by atoms with Crippen LogP contribution in [0.3, 0.4) is 0 Å². The molecule has 1 heterocycles. The van der Waals surface area contributed by atoms with Crippen LogP contribution in [0.2, 0.25) is 0 Å². The molecule has 4 aliphatic carbocycles. The van der Waals surface area contributed by atoms with Crippen LogP contribution in [-0.4, -0.2) is 20.2 Å². The molecule has 0 aliphatic heterocycles. The Hall–Kier alpha value is -3.88. The van der Waals surface area contributed by atoms with Gasteiger partial charge in [-0.25, -0.2) is 14.2 Å². The van der Waals surface area contributed by atoms with E-state index in [0.29, 0.717) is 53.5 Å². The zero-order chi connectivity index (χ0) is 28.7. The monoisotopic (exact) mass is 562 g/mol. The summed E-state index contributed by atoms with van der Waals surface area (Å²) in [6, 6.07) is 13.9. The van der Waals surface area contributed by atoms with Gasteiger partial charge < -0.3 is 5.11 Å². The molecule has 1 unspecified atom stereocenters. The highest BCUT2D eigenvalue weighted by molar-refractivity contribution is 6.05. The van der Waals surface area contributed by atoms with Crippen molar-refractivity contribution in [2.24, 2.45) is 23.2 Å². The average molecular weight is 563 g/mol. The summed E-state index contributed by atoms with van der Waals surface area (Å²) in [6.45, 7) is -0.116. The van der Waals surface area contributed by atoms with Gasteiger partial charge in [0.15, 0.2) is 0 Å². The summed E-state index contributed by atoms with van der Waals surface area (Å²) in [5.74, 6) is 0.0140. The Morgan fingerprint density at radius 2 is 1.49 bits per heavy atom. The molecule has 0 amide bonds. The molecule has 212 valence electrons. The molecular weight excluding hydrogens is 533 g/mol. The lowest BCUT2D eigenvalue weighted by Crippen LogP contribution is -2.56. The maximum absolute atomic E-state index is 14.4. The van der Waals surface area contributed by atoms with Crippen molar-refractivity contribution >= 4 is 27.6 Å². The van der Waals surface area contributed by atoms with Crippen molar-refractivity contribution in [1.82, 2.24) is 9.13 Å². The van der Waals surface area contributed by atoms with Crippen LogP contribution in [0.1, 0.15) is 55.7 Å². The number of rotatable bonds is 5. The summed E-state index contributed by atoms with van der Waals surface area (Å²) in [6.07, 6.45) is 0.745. The van der Waals surface area contributed by atoms with Gasteiger partial charge >= 0.3 is 17.8 Å². The smallest absolute Gasteiger partial charge is 0.416 e. The second kappa shape index (κ2) is 9.06. The fraction of sp³-hybridized carbons (Fsp3) is 0.406. The predicted octanol–water partition coefficient (Wildman–Crippen LogP) is 6.23. The third-order valence-electron chi connectivity index (χ3n) is 9.84. The Balaban J connectivity index is 1.47. The van der Waals surface area contributed by atoms with Gasteiger partial charge in [0, 0.05) is 10.8 Å².